The van der Waals surface area contributed by atoms with Gasteiger partial charge in [-0.3, -0.25) is 14.5 Å². The SMILES string of the molecule is CCN(Cc1ccc(C(=O)NCC2CC(=O)NC(C)C2)cc1)C(C)C. The second-order valence-electron chi connectivity index (χ2n) is 7.34. The van der Waals surface area contributed by atoms with Crippen LogP contribution < -0.4 is 10.6 Å². The summed E-state index contributed by atoms with van der Waals surface area (Å²) >= 11 is 0. The van der Waals surface area contributed by atoms with Gasteiger partial charge in [0.2, 0.25) is 5.91 Å². The Morgan fingerprint density at radius 3 is 2.56 bits per heavy atom. The van der Waals surface area contributed by atoms with E-state index in [9.17, 15) is 9.59 Å². The largest absolute Gasteiger partial charge is 0.354 e. The normalized spacial score (nSPS) is 20.6. The molecule has 0 aliphatic carbocycles. The van der Waals surface area contributed by atoms with Crippen LogP contribution in [0.2, 0.25) is 0 Å². The van der Waals surface area contributed by atoms with Crippen LogP contribution in [0.25, 0.3) is 0 Å². The molecule has 5 nitrogen and oxygen atoms in total. The van der Waals surface area contributed by atoms with Gasteiger partial charge in [-0.1, -0.05) is 19.1 Å². The van der Waals surface area contributed by atoms with Crippen molar-refractivity contribution >= 4 is 11.8 Å². The number of nitrogens with one attached hydrogen (secondary N) is 2. The third-order valence-corrected chi connectivity index (χ3v) is 4.86. The molecule has 5 heteroatoms. The van der Waals surface area contributed by atoms with E-state index in [1.54, 1.807) is 0 Å². The molecule has 2 unspecified atom stereocenters. The van der Waals surface area contributed by atoms with Crippen LogP contribution in [0.5, 0.6) is 0 Å². The van der Waals surface area contributed by atoms with E-state index < -0.39 is 0 Å². The molecule has 1 heterocycles. The molecule has 25 heavy (non-hydrogen) atoms. The van der Waals surface area contributed by atoms with Crippen molar-refractivity contribution in [3.05, 3.63) is 35.4 Å². The average molecular weight is 345 g/mol. The zero-order valence-corrected chi connectivity index (χ0v) is 15.8. The first-order valence-corrected chi connectivity index (χ1v) is 9.29. The van der Waals surface area contributed by atoms with E-state index in [1.165, 1.54) is 5.56 Å². The second-order valence-corrected chi connectivity index (χ2v) is 7.34. The Bertz CT molecular complexity index is 583. The van der Waals surface area contributed by atoms with Crippen molar-refractivity contribution in [3.63, 3.8) is 0 Å². The van der Waals surface area contributed by atoms with Gasteiger partial charge in [0.05, 0.1) is 0 Å². The molecule has 1 aliphatic rings. The molecule has 0 aromatic heterocycles. The van der Waals surface area contributed by atoms with Crippen LogP contribution in [0.3, 0.4) is 0 Å². The van der Waals surface area contributed by atoms with Gasteiger partial charge in [-0.2, -0.15) is 0 Å². The topological polar surface area (TPSA) is 61.4 Å². The van der Waals surface area contributed by atoms with Gasteiger partial charge in [-0.05, 0) is 57.4 Å². The summed E-state index contributed by atoms with van der Waals surface area (Å²) < 4.78 is 0. The highest BCUT2D eigenvalue weighted by Crippen LogP contribution is 2.16. The van der Waals surface area contributed by atoms with Crippen molar-refractivity contribution in [2.24, 2.45) is 5.92 Å². The lowest BCUT2D eigenvalue weighted by Gasteiger charge is -2.27. The van der Waals surface area contributed by atoms with Gasteiger partial charge in [0, 0.05) is 37.2 Å². The molecule has 1 saturated heterocycles. The van der Waals surface area contributed by atoms with Gasteiger partial charge in [0.15, 0.2) is 0 Å². The summed E-state index contributed by atoms with van der Waals surface area (Å²) in [5.74, 6) is 0.227. The first-order valence-electron chi connectivity index (χ1n) is 9.29. The Labute approximate surface area is 151 Å². The van der Waals surface area contributed by atoms with Gasteiger partial charge in [-0.25, -0.2) is 0 Å². The van der Waals surface area contributed by atoms with E-state index in [4.69, 9.17) is 0 Å². The predicted octanol–water partition coefficient (Wildman–Crippen LogP) is 2.56. The summed E-state index contributed by atoms with van der Waals surface area (Å²) in [6.45, 7) is 11.0. The lowest BCUT2D eigenvalue weighted by Crippen LogP contribution is -2.43. The number of piperidine rings is 1. The molecule has 0 spiro atoms. The van der Waals surface area contributed by atoms with Gasteiger partial charge in [-0.15, -0.1) is 0 Å². The van der Waals surface area contributed by atoms with Crippen LogP contribution >= 0.6 is 0 Å². The lowest BCUT2D eigenvalue weighted by atomic mass is 9.92. The number of carbonyl (C=O) groups is 2. The first kappa shape index (κ1) is 19.4. The van der Waals surface area contributed by atoms with Gasteiger partial charge < -0.3 is 10.6 Å². The summed E-state index contributed by atoms with van der Waals surface area (Å²) in [5.41, 5.74) is 1.88. The number of amides is 2. The number of nitrogens with zero attached hydrogens (tertiary/aromatic N) is 1. The minimum absolute atomic E-state index is 0.0682. The molecule has 2 amide bonds. The molecule has 0 radical (unpaired) electrons. The number of carbonyl (C=O) groups excluding carboxylic acids is 2. The molecule has 2 N–H and O–H groups in total. The fraction of sp³-hybridized carbons (Fsp3) is 0.600. The van der Waals surface area contributed by atoms with Crippen LogP contribution in [0.4, 0.5) is 0 Å². The zero-order valence-electron chi connectivity index (χ0n) is 15.8. The smallest absolute Gasteiger partial charge is 0.251 e. The Hall–Kier alpha value is -1.88. The maximum Gasteiger partial charge on any atom is 0.251 e. The fourth-order valence-electron chi connectivity index (χ4n) is 3.39. The van der Waals surface area contributed by atoms with Crippen LogP contribution in [0, 0.1) is 5.92 Å². The van der Waals surface area contributed by atoms with E-state index in [2.05, 4.69) is 36.3 Å². The summed E-state index contributed by atoms with van der Waals surface area (Å²) in [4.78, 5) is 26.3. The number of rotatable bonds is 7. The van der Waals surface area contributed by atoms with E-state index in [0.29, 0.717) is 24.6 Å². The van der Waals surface area contributed by atoms with Crippen molar-refractivity contribution in [2.75, 3.05) is 13.1 Å². The van der Waals surface area contributed by atoms with E-state index in [1.807, 2.05) is 31.2 Å². The Kier molecular flexibility index (Phi) is 7.00. The molecule has 1 aromatic rings. The summed E-state index contributed by atoms with van der Waals surface area (Å²) in [6, 6.07) is 8.50. The summed E-state index contributed by atoms with van der Waals surface area (Å²) in [6.07, 6.45) is 1.40. The molecule has 1 aromatic carbocycles. The molecule has 1 aliphatic heterocycles. The highest BCUT2D eigenvalue weighted by molar-refractivity contribution is 5.94. The molecule has 0 bridgehead atoms. The quantitative estimate of drug-likeness (QED) is 0.798. The highest BCUT2D eigenvalue weighted by Gasteiger charge is 2.24. The third-order valence-electron chi connectivity index (χ3n) is 4.86. The second kappa shape index (κ2) is 8.99. The minimum Gasteiger partial charge on any atom is -0.354 e. The molecule has 0 saturated carbocycles. The van der Waals surface area contributed by atoms with Crippen LogP contribution in [-0.4, -0.2) is 41.9 Å². The fourth-order valence-corrected chi connectivity index (χ4v) is 3.39. The summed E-state index contributed by atoms with van der Waals surface area (Å²) in [5, 5.41) is 5.88. The molecule has 1 fully saturated rings. The van der Waals surface area contributed by atoms with Crippen LogP contribution in [0.1, 0.15) is 56.5 Å². The number of benzene rings is 1. The number of hydrogen-bond acceptors (Lipinski definition) is 3. The molecule has 138 valence electrons. The van der Waals surface area contributed by atoms with Crippen LogP contribution in [0.15, 0.2) is 24.3 Å². The monoisotopic (exact) mass is 345 g/mol. The van der Waals surface area contributed by atoms with E-state index >= 15 is 0 Å². The molecule has 2 rings (SSSR count). The maximum atomic E-state index is 12.3. The van der Waals surface area contributed by atoms with E-state index in [-0.39, 0.29) is 23.8 Å². The molecular formula is C20H31N3O2. The Morgan fingerprint density at radius 2 is 2.00 bits per heavy atom. The van der Waals surface area contributed by atoms with Crippen LogP contribution in [-0.2, 0) is 11.3 Å². The zero-order chi connectivity index (χ0) is 18.4. The maximum absolute atomic E-state index is 12.3. The Balaban J connectivity index is 1.86. The van der Waals surface area contributed by atoms with E-state index in [0.717, 1.165) is 19.5 Å². The van der Waals surface area contributed by atoms with Crippen molar-refractivity contribution in [3.8, 4) is 0 Å². The predicted molar refractivity (Wildman–Crippen MR) is 100 cm³/mol. The molecule has 2 atom stereocenters. The van der Waals surface area contributed by atoms with Gasteiger partial charge in [0.25, 0.3) is 5.91 Å². The third kappa shape index (κ3) is 5.85. The van der Waals surface area contributed by atoms with Gasteiger partial charge in [0.1, 0.15) is 0 Å². The standard InChI is InChI=1S/C20H31N3O2/c1-5-23(14(2)3)13-16-6-8-18(9-7-16)20(25)21-12-17-10-15(4)22-19(24)11-17/h6-9,14-15,17H,5,10-13H2,1-4H3,(H,21,25)(H,22,24). The minimum atomic E-state index is -0.0682. The first-order chi connectivity index (χ1) is 11.9. The lowest BCUT2D eigenvalue weighted by molar-refractivity contribution is -0.124. The van der Waals surface area contributed by atoms with Crippen molar-refractivity contribution in [2.45, 2.75) is 59.2 Å². The molecular weight excluding hydrogens is 314 g/mol. The van der Waals surface area contributed by atoms with Gasteiger partial charge >= 0.3 is 0 Å². The van der Waals surface area contributed by atoms with Crippen molar-refractivity contribution in [1.29, 1.82) is 0 Å². The highest BCUT2D eigenvalue weighted by atomic mass is 16.2. The van der Waals surface area contributed by atoms with Crippen molar-refractivity contribution < 1.29 is 9.59 Å². The summed E-state index contributed by atoms with van der Waals surface area (Å²) in [7, 11) is 0. The Morgan fingerprint density at radius 1 is 1.32 bits per heavy atom. The van der Waals surface area contributed by atoms with Crippen molar-refractivity contribution in [1.82, 2.24) is 15.5 Å². The average Bonchev–Trinajstić information content (AvgIpc) is 2.57. The number of hydrogen-bond donors (Lipinski definition) is 2.